The Hall–Kier alpha value is -1.73. The van der Waals surface area contributed by atoms with Crippen molar-refractivity contribution in [1.82, 2.24) is 14.3 Å². The molecular weight excluding hydrogens is 348 g/mol. The van der Waals surface area contributed by atoms with Gasteiger partial charge >= 0.3 is 0 Å². The van der Waals surface area contributed by atoms with E-state index in [0.29, 0.717) is 12.5 Å². The molecule has 0 spiro atoms. The second-order valence-corrected chi connectivity index (χ2v) is 9.90. The van der Waals surface area contributed by atoms with Crippen molar-refractivity contribution in [3.63, 3.8) is 0 Å². The van der Waals surface area contributed by atoms with Crippen LogP contribution in [0.15, 0.2) is 24.3 Å². The van der Waals surface area contributed by atoms with Crippen molar-refractivity contribution in [2.45, 2.75) is 37.9 Å². The maximum absolute atomic E-state index is 12.3. The van der Waals surface area contributed by atoms with Crippen LogP contribution in [0, 0.1) is 12.8 Å². The van der Waals surface area contributed by atoms with E-state index in [9.17, 15) is 8.42 Å². The fourth-order valence-corrected chi connectivity index (χ4v) is 5.45. The molecule has 2 aromatic rings. The SMILES string of the molecule is Cc1nc2ccccc2nc1N1CCC(CN(C)S(=O)(=O)C2CC2)CC1. The number of benzene rings is 1. The van der Waals surface area contributed by atoms with Gasteiger partial charge in [0.2, 0.25) is 10.0 Å². The Balaban J connectivity index is 1.41. The maximum atomic E-state index is 12.3. The van der Waals surface area contributed by atoms with Crippen LogP contribution in [0.5, 0.6) is 0 Å². The first kappa shape index (κ1) is 17.7. The molecule has 6 nitrogen and oxygen atoms in total. The van der Waals surface area contributed by atoms with Crippen LogP contribution in [0.25, 0.3) is 11.0 Å². The first-order valence-electron chi connectivity index (χ1n) is 9.38. The summed E-state index contributed by atoms with van der Waals surface area (Å²) in [5.74, 6) is 1.37. The van der Waals surface area contributed by atoms with Crippen molar-refractivity contribution in [3.8, 4) is 0 Å². The molecule has 0 amide bonds. The molecule has 1 saturated heterocycles. The first-order chi connectivity index (χ1) is 12.4. The third-order valence-corrected chi connectivity index (χ3v) is 7.86. The molecule has 1 aliphatic carbocycles. The molecule has 0 radical (unpaired) electrons. The highest BCUT2D eigenvalue weighted by molar-refractivity contribution is 7.90. The average Bonchev–Trinajstić information content (AvgIpc) is 3.47. The normalized spacial score (nSPS) is 19.4. The predicted octanol–water partition coefficient (Wildman–Crippen LogP) is 2.58. The van der Waals surface area contributed by atoms with Crippen LogP contribution in [-0.2, 0) is 10.0 Å². The van der Waals surface area contributed by atoms with E-state index in [1.807, 2.05) is 31.2 Å². The van der Waals surface area contributed by atoms with Crippen molar-refractivity contribution >= 4 is 26.9 Å². The Morgan fingerprint density at radius 2 is 1.69 bits per heavy atom. The number of aryl methyl sites for hydroxylation is 1. The van der Waals surface area contributed by atoms with Crippen molar-refractivity contribution in [1.29, 1.82) is 0 Å². The summed E-state index contributed by atoms with van der Waals surface area (Å²) in [7, 11) is -1.33. The monoisotopic (exact) mass is 374 g/mol. The molecule has 2 fully saturated rings. The molecule has 140 valence electrons. The van der Waals surface area contributed by atoms with Gasteiger partial charge in [0.1, 0.15) is 0 Å². The minimum atomic E-state index is -3.06. The zero-order chi connectivity index (χ0) is 18.3. The van der Waals surface area contributed by atoms with Crippen LogP contribution in [0.2, 0.25) is 0 Å². The highest BCUT2D eigenvalue weighted by Gasteiger charge is 2.39. The first-order valence-corrected chi connectivity index (χ1v) is 10.9. The molecule has 26 heavy (non-hydrogen) atoms. The van der Waals surface area contributed by atoms with Crippen LogP contribution in [0.3, 0.4) is 0 Å². The summed E-state index contributed by atoms with van der Waals surface area (Å²) >= 11 is 0. The van der Waals surface area contributed by atoms with E-state index < -0.39 is 10.0 Å². The number of sulfonamides is 1. The van der Waals surface area contributed by atoms with Crippen LogP contribution < -0.4 is 4.90 Å². The van der Waals surface area contributed by atoms with E-state index in [0.717, 1.165) is 61.3 Å². The lowest BCUT2D eigenvalue weighted by Gasteiger charge is -2.34. The number of aromatic nitrogens is 2. The second kappa shape index (κ2) is 6.78. The average molecular weight is 375 g/mol. The highest BCUT2D eigenvalue weighted by Crippen LogP contribution is 2.32. The molecule has 1 saturated carbocycles. The van der Waals surface area contributed by atoms with Gasteiger partial charge in [-0.1, -0.05) is 12.1 Å². The van der Waals surface area contributed by atoms with Crippen molar-refractivity contribution in [3.05, 3.63) is 30.0 Å². The van der Waals surface area contributed by atoms with Crippen molar-refractivity contribution in [2.75, 3.05) is 31.6 Å². The fraction of sp³-hybridized carbons (Fsp3) is 0.579. The van der Waals surface area contributed by atoms with Crippen molar-refractivity contribution < 1.29 is 8.42 Å². The predicted molar refractivity (Wildman–Crippen MR) is 104 cm³/mol. The second-order valence-electron chi connectivity index (χ2n) is 7.58. The number of hydrogen-bond acceptors (Lipinski definition) is 5. The molecule has 0 N–H and O–H groups in total. The Labute approximate surface area is 155 Å². The number of hydrogen-bond donors (Lipinski definition) is 0. The maximum Gasteiger partial charge on any atom is 0.216 e. The summed E-state index contributed by atoms with van der Waals surface area (Å²) in [4.78, 5) is 11.8. The van der Waals surface area contributed by atoms with Gasteiger partial charge in [-0.3, -0.25) is 0 Å². The van der Waals surface area contributed by atoms with Gasteiger partial charge in [-0.15, -0.1) is 0 Å². The summed E-state index contributed by atoms with van der Waals surface area (Å²) in [6, 6.07) is 7.95. The van der Waals surface area contributed by atoms with E-state index in [-0.39, 0.29) is 5.25 Å². The van der Waals surface area contributed by atoms with Gasteiger partial charge in [0, 0.05) is 26.7 Å². The van der Waals surface area contributed by atoms with Crippen molar-refractivity contribution in [2.24, 2.45) is 5.92 Å². The quantitative estimate of drug-likeness (QED) is 0.805. The number of nitrogens with zero attached hydrogens (tertiary/aromatic N) is 4. The van der Waals surface area contributed by atoms with E-state index in [1.165, 1.54) is 0 Å². The molecule has 1 aromatic carbocycles. The van der Waals surface area contributed by atoms with Crippen LogP contribution in [0.4, 0.5) is 5.82 Å². The van der Waals surface area contributed by atoms with Gasteiger partial charge in [-0.25, -0.2) is 22.7 Å². The largest absolute Gasteiger partial charge is 0.355 e. The Bertz CT molecular complexity index is 903. The summed E-state index contributed by atoms with van der Waals surface area (Å²) in [6.45, 7) is 4.44. The van der Waals surface area contributed by atoms with Gasteiger partial charge in [-0.05, 0) is 50.7 Å². The highest BCUT2D eigenvalue weighted by atomic mass is 32.2. The van der Waals surface area contributed by atoms with E-state index in [1.54, 1.807) is 11.4 Å². The lowest BCUT2D eigenvalue weighted by molar-refractivity contribution is 0.327. The molecule has 0 bridgehead atoms. The summed E-state index contributed by atoms with van der Waals surface area (Å²) in [6.07, 6.45) is 3.62. The minimum Gasteiger partial charge on any atom is -0.355 e. The van der Waals surface area contributed by atoms with Crippen LogP contribution in [0.1, 0.15) is 31.4 Å². The third kappa shape index (κ3) is 3.42. The molecule has 2 aliphatic rings. The molecule has 1 aromatic heterocycles. The van der Waals surface area contributed by atoms with Gasteiger partial charge in [0.15, 0.2) is 5.82 Å². The van der Waals surface area contributed by atoms with Gasteiger partial charge < -0.3 is 4.90 Å². The summed E-state index contributed by atoms with van der Waals surface area (Å²) in [5.41, 5.74) is 2.80. The molecule has 7 heteroatoms. The standard InChI is InChI=1S/C19H26N4O2S/c1-14-19(21-18-6-4-3-5-17(18)20-14)23-11-9-15(10-12-23)13-22(2)26(24,25)16-7-8-16/h3-6,15-16H,7-13H2,1-2H3. The molecule has 0 atom stereocenters. The Morgan fingerprint density at radius 3 is 2.31 bits per heavy atom. The molecule has 2 heterocycles. The van der Waals surface area contributed by atoms with Gasteiger partial charge in [-0.2, -0.15) is 0 Å². The van der Waals surface area contributed by atoms with Crippen LogP contribution in [-0.4, -0.2) is 54.6 Å². The summed E-state index contributed by atoms with van der Waals surface area (Å²) in [5, 5.41) is -0.122. The van der Waals surface area contributed by atoms with E-state index in [2.05, 4.69) is 9.88 Å². The summed E-state index contributed by atoms with van der Waals surface area (Å²) < 4.78 is 26.2. The van der Waals surface area contributed by atoms with Crippen LogP contribution >= 0.6 is 0 Å². The minimum absolute atomic E-state index is 0.122. The Kier molecular flexibility index (Phi) is 4.61. The lowest BCUT2D eigenvalue weighted by Crippen LogP contribution is -2.40. The molecule has 0 unspecified atom stereocenters. The molecule has 4 rings (SSSR count). The lowest BCUT2D eigenvalue weighted by atomic mass is 9.97. The third-order valence-electron chi connectivity index (χ3n) is 5.53. The molecular formula is C19H26N4O2S. The number of rotatable bonds is 5. The van der Waals surface area contributed by atoms with Gasteiger partial charge in [0.05, 0.1) is 22.0 Å². The number of para-hydroxylation sites is 2. The number of anilines is 1. The Morgan fingerprint density at radius 1 is 1.08 bits per heavy atom. The van der Waals surface area contributed by atoms with E-state index >= 15 is 0 Å². The number of fused-ring (bicyclic) bond motifs is 1. The zero-order valence-corrected chi connectivity index (χ0v) is 16.2. The van der Waals surface area contributed by atoms with E-state index in [4.69, 9.17) is 4.98 Å². The number of piperidine rings is 1. The fourth-order valence-electron chi connectivity index (χ4n) is 3.79. The topological polar surface area (TPSA) is 66.4 Å². The zero-order valence-electron chi connectivity index (χ0n) is 15.4. The molecule has 1 aliphatic heterocycles. The van der Waals surface area contributed by atoms with Gasteiger partial charge in [0.25, 0.3) is 0 Å². The smallest absolute Gasteiger partial charge is 0.216 e.